The SMILES string of the molecule is C[C@H](CC=O)c1cc2ccccc2o1. The van der Waals surface area contributed by atoms with Gasteiger partial charge in [0, 0.05) is 17.7 Å². The van der Waals surface area contributed by atoms with Crippen LogP contribution in [0.5, 0.6) is 0 Å². The van der Waals surface area contributed by atoms with Crippen molar-refractivity contribution >= 4 is 17.3 Å². The molecule has 2 heteroatoms. The van der Waals surface area contributed by atoms with Gasteiger partial charge in [0.2, 0.25) is 0 Å². The highest BCUT2D eigenvalue weighted by Crippen LogP contribution is 2.25. The van der Waals surface area contributed by atoms with Crippen molar-refractivity contribution < 1.29 is 9.21 Å². The van der Waals surface area contributed by atoms with Crippen LogP contribution in [0.2, 0.25) is 0 Å². The summed E-state index contributed by atoms with van der Waals surface area (Å²) in [5, 5.41) is 1.10. The highest BCUT2D eigenvalue weighted by Gasteiger charge is 2.10. The average Bonchev–Trinajstić information content (AvgIpc) is 2.61. The number of carbonyl (C=O) groups excluding carboxylic acids is 1. The third-order valence-corrected chi connectivity index (χ3v) is 2.38. The van der Waals surface area contributed by atoms with Gasteiger partial charge in [-0.3, -0.25) is 0 Å². The summed E-state index contributed by atoms with van der Waals surface area (Å²) in [6.07, 6.45) is 1.44. The van der Waals surface area contributed by atoms with Crippen LogP contribution in [-0.4, -0.2) is 6.29 Å². The molecule has 0 aliphatic heterocycles. The molecule has 0 radical (unpaired) electrons. The van der Waals surface area contributed by atoms with E-state index in [0.717, 1.165) is 23.0 Å². The van der Waals surface area contributed by atoms with Crippen LogP contribution in [0.15, 0.2) is 34.7 Å². The van der Waals surface area contributed by atoms with Crippen LogP contribution in [0.4, 0.5) is 0 Å². The Bertz CT molecular complexity index is 409. The van der Waals surface area contributed by atoms with Crippen LogP contribution in [0.3, 0.4) is 0 Å². The minimum atomic E-state index is 0.167. The highest BCUT2D eigenvalue weighted by molar-refractivity contribution is 5.77. The fourth-order valence-corrected chi connectivity index (χ4v) is 1.51. The summed E-state index contributed by atoms with van der Waals surface area (Å²) in [5.41, 5.74) is 0.889. The molecule has 0 bridgehead atoms. The number of hydrogen-bond donors (Lipinski definition) is 0. The predicted molar refractivity (Wildman–Crippen MR) is 55.3 cm³/mol. The van der Waals surface area contributed by atoms with Gasteiger partial charge in [0.25, 0.3) is 0 Å². The van der Waals surface area contributed by atoms with Crippen LogP contribution in [0, 0.1) is 0 Å². The summed E-state index contributed by atoms with van der Waals surface area (Å²) in [6.45, 7) is 1.99. The molecule has 0 amide bonds. The molecule has 2 rings (SSSR count). The fraction of sp³-hybridized carbons (Fsp3) is 0.250. The summed E-state index contributed by atoms with van der Waals surface area (Å²) >= 11 is 0. The van der Waals surface area contributed by atoms with Gasteiger partial charge < -0.3 is 9.21 Å². The molecule has 0 N–H and O–H groups in total. The largest absolute Gasteiger partial charge is 0.461 e. The molecule has 1 aromatic carbocycles. The van der Waals surface area contributed by atoms with Gasteiger partial charge in [0.05, 0.1) is 0 Å². The van der Waals surface area contributed by atoms with Crippen molar-refractivity contribution in [3.8, 4) is 0 Å². The van der Waals surface area contributed by atoms with Gasteiger partial charge in [0.1, 0.15) is 17.6 Å². The van der Waals surface area contributed by atoms with E-state index in [4.69, 9.17) is 4.42 Å². The zero-order valence-electron chi connectivity index (χ0n) is 8.07. The lowest BCUT2D eigenvalue weighted by Gasteiger charge is -2.00. The third kappa shape index (κ3) is 1.55. The number of aldehydes is 1. The minimum Gasteiger partial charge on any atom is -0.461 e. The standard InChI is InChI=1S/C12H12O2/c1-9(6-7-13)12-8-10-4-2-3-5-11(10)14-12/h2-5,7-9H,6H2,1H3/t9-/m1/s1. The first-order valence-corrected chi connectivity index (χ1v) is 4.73. The zero-order chi connectivity index (χ0) is 9.97. The van der Waals surface area contributed by atoms with Gasteiger partial charge in [-0.05, 0) is 12.1 Å². The molecule has 0 unspecified atom stereocenters. The Morgan fingerprint density at radius 1 is 1.43 bits per heavy atom. The Labute approximate surface area is 82.5 Å². The van der Waals surface area contributed by atoms with Crippen molar-refractivity contribution in [3.05, 3.63) is 36.1 Å². The van der Waals surface area contributed by atoms with Gasteiger partial charge in [-0.25, -0.2) is 0 Å². The zero-order valence-corrected chi connectivity index (χ0v) is 8.07. The lowest BCUT2D eigenvalue weighted by atomic mass is 10.1. The van der Waals surface area contributed by atoms with Crippen LogP contribution in [-0.2, 0) is 4.79 Å². The topological polar surface area (TPSA) is 30.2 Å². The Balaban J connectivity index is 2.39. The summed E-state index contributed by atoms with van der Waals surface area (Å²) in [5.74, 6) is 1.05. The van der Waals surface area contributed by atoms with E-state index in [9.17, 15) is 4.79 Å². The second-order valence-corrected chi connectivity index (χ2v) is 3.49. The fourth-order valence-electron chi connectivity index (χ4n) is 1.51. The molecular weight excluding hydrogens is 176 g/mol. The van der Waals surface area contributed by atoms with Crippen LogP contribution >= 0.6 is 0 Å². The smallest absolute Gasteiger partial charge is 0.134 e. The summed E-state index contributed by atoms with van der Waals surface area (Å²) < 4.78 is 5.62. The number of fused-ring (bicyclic) bond motifs is 1. The van der Waals surface area contributed by atoms with E-state index < -0.39 is 0 Å². The lowest BCUT2D eigenvalue weighted by molar-refractivity contribution is -0.108. The lowest BCUT2D eigenvalue weighted by Crippen LogP contribution is -1.90. The molecule has 2 aromatic rings. The number of para-hydroxylation sites is 1. The third-order valence-electron chi connectivity index (χ3n) is 2.38. The van der Waals surface area contributed by atoms with E-state index in [1.807, 2.05) is 37.3 Å². The molecule has 1 atom stereocenters. The monoisotopic (exact) mass is 188 g/mol. The van der Waals surface area contributed by atoms with Gasteiger partial charge in [-0.2, -0.15) is 0 Å². The number of furan rings is 1. The van der Waals surface area contributed by atoms with Crippen LogP contribution < -0.4 is 0 Å². The van der Waals surface area contributed by atoms with Crippen molar-refractivity contribution in [1.29, 1.82) is 0 Å². The van der Waals surface area contributed by atoms with E-state index in [1.54, 1.807) is 0 Å². The van der Waals surface area contributed by atoms with Gasteiger partial charge >= 0.3 is 0 Å². The Morgan fingerprint density at radius 3 is 2.93 bits per heavy atom. The molecule has 72 valence electrons. The maximum atomic E-state index is 10.4. The molecule has 0 fully saturated rings. The summed E-state index contributed by atoms with van der Waals surface area (Å²) in [4.78, 5) is 10.4. The summed E-state index contributed by atoms with van der Waals surface area (Å²) in [6, 6.07) is 9.87. The highest BCUT2D eigenvalue weighted by atomic mass is 16.3. The average molecular weight is 188 g/mol. The van der Waals surface area contributed by atoms with Crippen molar-refractivity contribution in [3.63, 3.8) is 0 Å². The van der Waals surface area contributed by atoms with E-state index in [2.05, 4.69) is 0 Å². The Kier molecular flexibility index (Phi) is 2.35. The Hall–Kier alpha value is -1.57. The van der Waals surface area contributed by atoms with Gasteiger partial charge in [-0.1, -0.05) is 25.1 Å². The molecular formula is C12H12O2. The molecule has 0 saturated heterocycles. The molecule has 1 aromatic heterocycles. The number of rotatable bonds is 3. The number of carbonyl (C=O) groups is 1. The predicted octanol–water partition coefficient (Wildman–Crippen LogP) is 3.13. The quantitative estimate of drug-likeness (QED) is 0.693. The van der Waals surface area contributed by atoms with Crippen molar-refractivity contribution in [2.75, 3.05) is 0 Å². The van der Waals surface area contributed by atoms with Crippen molar-refractivity contribution in [1.82, 2.24) is 0 Å². The molecule has 0 saturated carbocycles. The molecule has 0 spiro atoms. The van der Waals surface area contributed by atoms with E-state index in [0.29, 0.717) is 6.42 Å². The molecule has 1 heterocycles. The van der Waals surface area contributed by atoms with E-state index in [-0.39, 0.29) is 5.92 Å². The van der Waals surface area contributed by atoms with Crippen LogP contribution in [0.25, 0.3) is 11.0 Å². The first kappa shape index (κ1) is 9.00. The first-order chi connectivity index (χ1) is 6.81. The van der Waals surface area contributed by atoms with Crippen molar-refractivity contribution in [2.24, 2.45) is 0 Å². The molecule has 2 nitrogen and oxygen atoms in total. The molecule has 0 aliphatic rings. The number of hydrogen-bond acceptors (Lipinski definition) is 2. The molecule has 14 heavy (non-hydrogen) atoms. The summed E-state index contributed by atoms with van der Waals surface area (Å²) in [7, 11) is 0. The van der Waals surface area contributed by atoms with Crippen molar-refractivity contribution in [2.45, 2.75) is 19.3 Å². The number of benzene rings is 1. The first-order valence-electron chi connectivity index (χ1n) is 4.73. The second-order valence-electron chi connectivity index (χ2n) is 3.49. The molecule has 0 aliphatic carbocycles. The second kappa shape index (κ2) is 3.66. The maximum absolute atomic E-state index is 10.4. The van der Waals surface area contributed by atoms with E-state index >= 15 is 0 Å². The van der Waals surface area contributed by atoms with E-state index in [1.165, 1.54) is 0 Å². The van der Waals surface area contributed by atoms with Crippen LogP contribution in [0.1, 0.15) is 25.0 Å². The Morgan fingerprint density at radius 2 is 2.21 bits per heavy atom. The van der Waals surface area contributed by atoms with Gasteiger partial charge in [-0.15, -0.1) is 0 Å². The maximum Gasteiger partial charge on any atom is 0.134 e. The minimum absolute atomic E-state index is 0.167. The normalized spacial score (nSPS) is 12.9. The van der Waals surface area contributed by atoms with Gasteiger partial charge in [0.15, 0.2) is 0 Å².